The number of para-hydroxylation sites is 1. The van der Waals surface area contributed by atoms with E-state index in [0.717, 1.165) is 6.07 Å². The van der Waals surface area contributed by atoms with Gasteiger partial charge in [-0.2, -0.15) is 0 Å². The number of rotatable bonds is 6. The van der Waals surface area contributed by atoms with E-state index in [0.29, 0.717) is 17.1 Å². The third-order valence-corrected chi connectivity index (χ3v) is 3.68. The second kappa shape index (κ2) is 8.05. The van der Waals surface area contributed by atoms with Gasteiger partial charge >= 0.3 is 17.9 Å². The Labute approximate surface area is 159 Å². The van der Waals surface area contributed by atoms with Gasteiger partial charge in [-0.05, 0) is 54.6 Å². The highest BCUT2D eigenvalue weighted by atomic mass is 16.5. The molecule has 0 aliphatic heterocycles. The van der Waals surface area contributed by atoms with E-state index in [1.807, 2.05) is 0 Å². The monoisotopic (exact) mass is 378 g/mol. The second-order valence-electron chi connectivity index (χ2n) is 5.69. The van der Waals surface area contributed by atoms with Gasteiger partial charge in [-0.15, -0.1) is 0 Å². The van der Waals surface area contributed by atoms with E-state index in [9.17, 15) is 14.4 Å². The molecule has 0 amide bonds. The summed E-state index contributed by atoms with van der Waals surface area (Å²) in [5.74, 6) is -2.32. The number of esters is 1. The predicted octanol–water partition coefficient (Wildman–Crippen LogP) is 4.09. The van der Waals surface area contributed by atoms with E-state index in [1.54, 1.807) is 30.3 Å². The Morgan fingerprint density at radius 3 is 1.71 bits per heavy atom. The summed E-state index contributed by atoms with van der Waals surface area (Å²) in [6, 6.07) is 18.0. The zero-order valence-corrected chi connectivity index (χ0v) is 14.4. The third kappa shape index (κ3) is 4.53. The quantitative estimate of drug-likeness (QED) is 0.491. The van der Waals surface area contributed by atoms with Crippen molar-refractivity contribution < 1.29 is 34.1 Å². The molecular formula is C21H14O7. The molecule has 7 nitrogen and oxygen atoms in total. The van der Waals surface area contributed by atoms with Crippen molar-refractivity contribution in [1.29, 1.82) is 0 Å². The van der Waals surface area contributed by atoms with Gasteiger partial charge in [0.1, 0.15) is 17.2 Å². The summed E-state index contributed by atoms with van der Waals surface area (Å²) >= 11 is 0. The molecule has 0 aliphatic carbocycles. The van der Waals surface area contributed by atoms with Crippen LogP contribution in [0.2, 0.25) is 0 Å². The van der Waals surface area contributed by atoms with Crippen LogP contribution in [-0.4, -0.2) is 28.1 Å². The van der Waals surface area contributed by atoms with Gasteiger partial charge in [-0.3, -0.25) is 0 Å². The third-order valence-electron chi connectivity index (χ3n) is 3.68. The first-order chi connectivity index (χ1) is 13.4. The van der Waals surface area contributed by atoms with Crippen LogP contribution in [-0.2, 0) is 0 Å². The van der Waals surface area contributed by atoms with Crippen LogP contribution >= 0.6 is 0 Å². The average molecular weight is 378 g/mol. The molecule has 0 bridgehead atoms. The van der Waals surface area contributed by atoms with Crippen LogP contribution < -0.4 is 9.47 Å². The highest BCUT2D eigenvalue weighted by Crippen LogP contribution is 2.25. The number of carboxylic acids is 2. The van der Waals surface area contributed by atoms with Gasteiger partial charge in [0.15, 0.2) is 0 Å². The van der Waals surface area contributed by atoms with Crippen LogP contribution in [0.4, 0.5) is 0 Å². The largest absolute Gasteiger partial charge is 0.478 e. The van der Waals surface area contributed by atoms with Gasteiger partial charge in [0.05, 0.1) is 16.7 Å². The number of carbonyl (C=O) groups is 3. The summed E-state index contributed by atoms with van der Waals surface area (Å²) in [4.78, 5) is 34.4. The van der Waals surface area contributed by atoms with Crippen molar-refractivity contribution in [2.24, 2.45) is 0 Å². The van der Waals surface area contributed by atoms with Crippen molar-refractivity contribution in [2.75, 3.05) is 0 Å². The molecule has 0 saturated carbocycles. The van der Waals surface area contributed by atoms with E-state index in [1.165, 1.54) is 36.4 Å². The Morgan fingerprint density at radius 1 is 0.607 bits per heavy atom. The minimum absolute atomic E-state index is 0.0527. The van der Waals surface area contributed by atoms with Crippen LogP contribution in [0.5, 0.6) is 17.2 Å². The molecule has 0 radical (unpaired) electrons. The van der Waals surface area contributed by atoms with Crippen molar-refractivity contribution in [3.05, 3.63) is 89.5 Å². The van der Waals surface area contributed by atoms with Gasteiger partial charge in [0.25, 0.3) is 0 Å². The van der Waals surface area contributed by atoms with Crippen LogP contribution in [0.1, 0.15) is 31.1 Å². The van der Waals surface area contributed by atoms with Crippen molar-refractivity contribution in [2.45, 2.75) is 0 Å². The van der Waals surface area contributed by atoms with Gasteiger partial charge in [-0.1, -0.05) is 18.2 Å². The zero-order chi connectivity index (χ0) is 20.1. The van der Waals surface area contributed by atoms with E-state index in [4.69, 9.17) is 19.7 Å². The standard InChI is InChI=1S/C21H14O7/c22-19(23)14-10-15(20(24)25)12-18(11-14)27-17-8-6-13(7-9-17)21(26)28-16-4-2-1-3-5-16/h1-12H,(H,22,23)(H,24,25). The van der Waals surface area contributed by atoms with Gasteiger partial charge in [0, 0.05) is 0 Å². The Bertz CT molecular complexity index is 992. The number of hydrogen-bond acceptors (Lipinski definition) is 5. The van der Waals surface area contributed by atoms with Crippen LogP contribution in [0.15, 0.2) is 72.8 Å². The first-order valence-electron chi connectivity index (χ1n) is 8.09. The van der Waals surface area contributed by atoms with Crippen LogP contribution in [0, 0.1) is 0 Å². The maximum atomic E-state index is 12.1. The van der Waals surface area contributed by atoms with Crippen molar-refractivity contribution in [3.8, 4) is 17.2 Å². The lowest BCUT2D eigenvalue weighted by atomic mass is 10.1. The zero-order valence-electron chi connectivity index (χ0n) is 14.4. The summed E-state index contributed by atoms with van der Waals surface area (Å²) in [6.45, 7) is 0. The fraction of sp³-hybridized carbons (Fsp3) is 0. The topological polar surface area (TPSA) is 110 Å². The highest BCUT2D eigenvalue weighted by Gasteiger charge is 2.13. The number of ether oxygens (including phenoxy) is 2. The summed E-state index contributed by atoms with van der Waals surface area (Å²) < 4.78 is 10.8. The molecule has 7 heteroatoms. The second-order valence-corrected chi connectivity index (χ2v) is 5.69. The van der Waals surface area contributed by atoms with E-state index < -0.39 is 17.9 Å². The van der Waals surface area contributed by atoms with Crippen molar-refractivity contribution in [3.63, 3.8) is 0 Å². The average Bonchev–Trinajstić information content (AvgIpc) is 2.69. The van der Waals surface area contributed by atoms with E-state index in [2.05, 4.69) is 0 Å². The molecule has 140 valence electrons. The molecule has 0 aliphatic rings. The fourth-order valence-electron chi connectivity index (χ4n) is 2.35. The minimum Gasteiger partial charge on any atom is -0.478 e. The molecule has 0 heterocycles. The first kappa shape index (κ1) is 18.7. The predicted molar refractivity (Wildman–Crippen MR) is 98.3 cm³/mol. The van der Waals surface area contributed by atoms with Crippen LogP contribution in [0.3, 0.4) is 0 Å². The summed E-state index contributed by atoms with van der Waals surface area (Å²) in [7, 11) is 0. The Kier molecular flexibility index (Phi) is 5.36. The molecule has 28 heavy (non-hydrogen) atoms. The van der Waals surface area contributed by atoms with Gasteiger partial charge < -0.3 is 19.7 Å². The molecule has 3 aromatic rings. The maximum absolute atomic E-state index is 12.1. The van der Waals surface area contributed by atoms with Crippen molar-refractivity contribution in [1.82, 2.24) is 0 Å². The van der Waals surface area contributed by atoms with Crippen LogP contribution in [0.25, 0.3) is 0 Å². The summed E-state index contributed by atoms with van der Waals surface area (Å²) in [5.41, 5.74) is -0.127. The van der Waals surface area contributed by atoms with E-state index >= 15 is 0 Å². The number of aromatic carboxylic acids is 2. The number of carbonyl (C=O) groups excluding carboxylic acids is 1. The first-order valence-corrected chi connectivity index (χ1v) is 8.09. The molecule has 0 spiro atoms. The molecule has 0 atom stereocenters. The lowest BCUT2D eigenvalue weighted by Crippen LogP contribution is -2.08. The number of hydrogen-bond donors (Lipinski definition) is 2. The molecular weight excluding hydrogens is 364 g/mol. The molecule has 3 rings (SSSR count). The number of benzene rings is 3. The lowest BCUT2D eigenvalue weighted by molar-refractivity contribution is 0.0692. The smallest absolute Gasteiger partial charge is 0.343 e. The number of carboxylic acid groups (broad SMARTS) is 2. The fourth-order valence-corrected chi connectivity index (χ4v) is 2.35. The Morgan fingerprint density at radius 2 is 1.18 bits per heavy atom. The SMILES string of the molecule is O=C(O)c1cc(Oc2ccc(C(=O)Oc3ccccc3)cc2)cc(C(=O)O)c1. The van der Waals surface area contributed by atoms with Gasteiger partial charge in [-0.25, -0.2) is 14.4 Å². The minimum atomic E-state index is -1.27. The highest BCUT2D eigenvalue weighted by molar-refractivity contribution is 5.94. The van der Waals surface area contributed by atoms with Gasteiger partial charge in [0.2, 0.25) is 0 Å². The molecule has 2 N–H and O–H groups in total. The van der Waals surface area contributed by atoms with Crippen molar-refractivity contribution >= 4 is 17.9 Å². The molecule has 0 saturated heterocycles. The van der Waals surface area contributed by atoms with E-state index in [-0.39, 0.29) is 16.9 Å². The molecule has 3 aromatic carbocycles. The summed E-state index contributed by atoms with van der Waals surface area (Å²) in [6.07, 6.45) is 0. The maximum Gasteiger partial charge on any atom is 0.343 e. The summed E-state index contributed by atoms with van der Waals surface area (Å²) in [5, 5.41) is 18.2. The lowest BCUT2D eigenvalue weighted by Gasteiger charge is -2.09. The molecule has 0 fully saturated rings. The Balaban J connectivity index is 1.76. The molecule has 0 aromatic heterocycles. The Hall–Kier alpha value is -4.13. The molecule has 0 unspecified atom stereocenters. The normalized spacial score (nSPS) is 10.1.